The second kappa shape index (κ2) is 19.8. The summed E-state index contributed by atoms with van der Waals surface area (Å²) in [6.07, 6.45) is -0.141. The van der Waals surface area contributed by atoms with Crippen LogP contribution in [0.25, 0.3) is 0 Å². The number of phosphoric acid groups is 1. The number of carbonyl (C=O) groups excluding carboxylic acids is 3. The van der Waals surface area contributed by atoms with Gasteiger partial charge in [-0.1, -0.05) is 0 Å². The molecule has 0 saturated heterocycles. The maximum atomic E-state index is 13.1. The van der Waals surface area contributed by atoms with Crippen LogP contribution in [-0.2, 0) is 23.1 Å². The molecule has 14 heteroatoms. The van der Waals surface area contributed by atoms with Gasteiger partial charge in [0.2, 0.25) is 0 Å². The number of rotatable bonds is 21. The Morgan fingerprint density at radius 2 is 0.915 bits per heavy atom. The third kappa shape index (κ3) is 13.9. The number of Topliss-reactive ketones (excluding diaryl/α,β-unsaturated/α-hetero) is 1. The lowest BCUT2D eigenvalue weighted by atomic mass is 9.85. The molecule has 0 bridgehead atoms. The van der Waals surface area contributed by atoms with Gasteiger partial charge in [-0.25, -0.2) is 0 Å². The molecule has 1 atom stereocenters. The van der Waals surface area contributed by atoms with Gasteiger partial charge in [0, 0.05) is 23.1 Å². The van der Waals surface area contributed by atoms with E-state index in [-0.39, 0.29) is 31.2 Å². The molecule has 5 aromatic rings. The summed E-state index contributed by atoms with van der Waals surface area (Å²) >= 11 is 0. The summed E-state index contributed by atoms with van der Waals surface area (Å²) in [5.41, 5.74) is 0.231. The smallest absolute Gasteiger partial charge is 0.312 e. The molecule has 0 spiro atoms. The standard InChI is InChI=1S/C45H48NO12P/c1-45(2,44(49)53-29-30-55-59(50,51)54-28-27-46(3,4)5)31-42(47)32-7-13-36(14-8-32)56-40-23-25-41(26-24-40)58-38-17-11-34(12-18-38)43(48)33-9-15-37(16-10-33)57-39-21-19-35(52-6)20-22-39/h7-26H,27-31H2,1-6H3. The Bertz CT molecular complexity index is 2210. The first-order chi connectivity index (χ1) is 28.0. The Balaban J connectivity index is 1.05. The third-order valence-electron chi connectivity index (χ3n) is 8.73. The molecule has 0 radical (unpaired) electrons. The fourth-order valence-electron chi connectivity index (χ4n) is 5.37. The predicted molar refractivity (Wildman–Crippen MR) is 219 cm³/mol. The second-order valence-corrected chi connectivity index (χ2v) is 16.5. The molecular formula is C45H48NO12P. The van der Waals surface area contributed by atoms with Crippen LogP contribution in [0.1, 0.15) is 46.5 Å². The lowest BCUT2D eigenvalue weighted by Crippen LogP contribution is -2.37. The quantitative estimate of drug-likeness (QED) is 0.0229. The van der Waals surface area contributed by atoms with Crippen molar-refractivity contribution in [3.05, 3.63) is 138 Å². The maximum Gasteiger partial charge on any atom is 0.312 e. The molecule has 0 N–H and O–H groups in total. The second-order valence-electron chi connectivity index (χ2n) is 15.1. The highest BCUT2D eigenvalue weighted by Gasteiger charge is 2.32. The minimum absolute atomic E-state index is 0.0400. The molecule has 5 rings (SSSR count). The Labute approximate surface area is 344 Å². The normalized spacial score (nSPS) is 12.5. The predicted octanol–water partition coefficient (Wildman–Crippen LogP) is 8.65. The van der Waals surface area contributed by atoms with Crippen molar-refractivity contribution < 1.29 is 61.1 Å². The number of quaternary nitrogens is 1. The van der Waals surface area contributed by atoms with Crippen molar-refractivity contribution in [3.63, 3.8) is 0 Å². The third-order valence-corrected chi connectivity index (χ3v) is 9.73. The van der Waals surface area contributed by atoms with Gasteiger partial charge >= 0.3 is 5.97 Å². The van der Waals surface area contributed by atoms with Crippen LogP contribution >= 0.6 is 7.82 Å². The van der Waals surface area contributed by atoms with Crippen LogP contribution in [0.2, 0.25) is 0 Å². The van der Waals surface area contributed by atoms with Crippen LogP contribution in [0.5, 0.6) is 40.2 Å². The van der Waals surface area contributed by atoms with Crippen molar-refractivity contribution >= 4 is 25.4 Å². The molecule has 0 aliphatic rings. The Morgan fingerprint density at radius 1 is 0.559 bits per heavy atom. The first-order valence-electron chi connectivity index (χ1n) is 18.7. The number of ether oxygens (including phenoxy) is 5. The van der Waals surface area contributed by atoms with Gasteiger partial charge in [0.1, 0.15) is 60.0 Å². The molecule has 5 aromatic carbocycles. The summed E-state index contributed by atoms with van der Waals surface area (Å²) < 4.78 is 50.2. The zero-order chi connectivity index (χ0) is 42.6. The van der Waals surface area contributed by atoms with E-state index in [1.165, 1.54) is 0 Å². The van der Waals surface area contributed by atoms with E-state index in [0.717, 1.165) is 5.75 Å². The minimum Gasteiger partial charge on any atom is -0.756 e. The van der Waals surface area contributed by atoms with Crippen LogP contribution < -0.4 is 23.8 Å². The molecule has 1 unspecified atom stereocenters. The largest absolute Gasteiger partial charge is 0.756 e. The van der Waals surface area contributed by atoms with Gasteiger partial charge in [-0.05, 0) is 135 Å². The van der Waals surface area contributed by atoms with E-state index in [1.54, 1.807) is 130 Å². The molecule has 0 fully saturated rings. The summed E-state index contributed by atoms with van der Waals surface area (Å²) in [5.74, 6) is 3.04. The summed E-state index contributed by atoms with van der Waals surface area (Å²) in [4.78, 5) is 50.8. The van der Waals surface area contributed by atoms with Crippen molar-refractivity contribution in [2.45, 2.75) is 20.3 Å². The highest BCUT2D eigenvalue weighted by Crippen LogP contribution is 2.38. The lowest BCUT2D eigenvalue weighted by molar-refractivity contribution is -0.870. The Hall–Kier alpha value is -5.82. The van der Waals surface area contributed by atoms with Crippen molar-refractivity contribution in [2.75, 3.05) is 54.6 Å². The molecule has 0 amide bonds. The number of hydrogen-bond acceptors (Lipinski definition) is 12. The van der Waals surface area contributed by atoms with E-state index in [2.05, 4.69) is 0 Å². The zero-order valence-corrected chi connectivity index (χ0v) is 34.8. The zero-order valence-electron chi connectivity index (χ0n) is 33.9. The average Bonchev–Trinajstić information content (AvgIpc) is 3.20. The molecule has 0 aromatic heterocycles. The topological polar surface area (TPSA) is 156 Å². The molecule has 310 valence electrons. The van der Waals surface area contributed by atoms with Gasteiger partial charge < -0.3 is 42.1 Å². The number of methoxy groups -OCH3 is 1. The molecule has 0 aliphatic heterocycles. The minimum atomic E-state index is -4.54. The summed E-state index contributed by atoms with van der Waals surface area (Å²) in [6, 6.07) is 34.5. The van der Waals surface area contributed by atoms with Crippen molar-refractivity contribution in [3.8, 4) is 40.2 Å². The average molecular weight is 826 g/mol. The van der Waals surface area contributed by atoms with E-state index in [9.17, 15) is 23.8 Å². The van der Waals surface area contributed by atoms with E-state index in [0.29, 0.717) is 62.2 Å². The van der Waals surface area contributed by atoms with Crippen molar-refractivity contribution in [1.82, 2.24) is 0 Å². The Kier molecular flexibility index (Phi) is 14.8. The summed E-state index contributed by atoms with van der Waals surface area (Å²) in [6.45, 7) is 2.84. The van der Waals surface area contributed by atoms with Gasteiger partial charge in [0.05, 0.1) is 40.3 Å². The van der Waals surface area contributed by atoms with Gasteiger partial charge in [0.15, 0.2) is 11.6 Å². The van der Waals surface area contributed by atoms with Crippen LogP contribution in [0.15, 0.2) is 121 Å². The number of esters is 1. The van der Waals surface area contributed by atoms with Gasteiger partial charge in [-0.2, -0.15) is 0 Å². The van der Waals surface area contributed by atoms with Crippen LogP contribution in [0.4, 0.5) is 0 Å². The molecule has 13 nitrogen and oxygen atoms in total. The number of benzene rings is 5. The highest BCUT2D eigenvalue weighted by molar-refractivity contribution is 7.45. The first kappa shape index (κ1) is 44.3. The molecule has 0 aliphatic carbocycles. The monoisotopic (exact) mass is 825 g/mol. The van der Waals surface area contributed by atoms with E-state index in [4.69, 9.17) is 32.7 Å². The number of nitrogens with zero attached hydrogens (tertiary/aromatic N) is 1. The molecule has 0 saturated carbocycles. The van der Waals surface area contributed by atoms with E-state index in [1.807, 2.05) is 33.3 Å². The fourth-order valence-corrected chi connectivity index (χ4v) is 6.05. The first-order valence-corrected chi connectivity index (χ1v) is 20.2. The van der Waals surface area contributed by atoms with Gasteiger partial charge in [0.25, 0.3) is 7.82 Å². The number of carbonyl (C=O) groups is 3. The van der Waals surface area contributed by atoms with Crippen LogP contribution in [0.3, 0.4) is 0 Å². The highest BCUT2D eigenvalue weighted by atomic mass is 31.2. The maximum absolute atomic E-state index is 13.1. The van der Waals surface area contributed by atoms with E-state index >= 15 is 0 Å². The molecular weight excluding hydrogens is 777 g/mol. The summed E-state index contributed by atoms with van der Waals surface area (Å²) in [5, 5.41) is 0. The number of ketones is 2. The van der Waals surface area contributed by atoms with Crippen molar-refractivity contribution in [1.29, 1.82) is 0 Å². The molecule has 0 heterocycles. The number of hydrogen-bond donors (Lipinski definition) is 0. The van der Waals surface area contributed by atoms with Crippen LogP contribution in [-0.4, -0.2) is 76.6 Å². The van der Waals surface area contributed by atoms with Gasteiger partial charge in [-0.3, -0.25) is 18.9 Å². The SMILES string of the molecule is COc1ccc(Oc2ccc(C(=O)c3ccc(Oc4ccc(Oc5ccc(C(=O)CC(C)(C)C(=O)OCCOP(=O)([O-])OCC[N+](C)(C)C)cc5)cc4)cc3)cc2)cc1. The number of likely N-dealkylation sites (N-methyl/N-ethyl adjacent to an activating group) is 1. The van der Waals surface area contributed by atoms with Gasteiger partial charge in [-0.15, -0.1) is 0 Å². The lowest BCUT2D eigenvalue weighted by Gasteiger charge is -2.27. The van der Waals surface area contributed by atoms with Crippen LogP contribution in [0, 0.1) is 5.41 Å². The molecule has 59 heavy (non-hydrogen) atoms. The number of phosphoric ester groups is 1. The summed E-state index contributed by atoms with van der Waals surface area (Å²) in [7, 11) is 2.75. The fraction of sp³-hybridized carbons (Fsp3) is 0.267. The van der Waals surface area contributed by atoms with E-state index < -0.39 is 25.8 Å². The van der Waals surface area contributed by atoms with Crippen molar-refractivity contribution in [2.24, 2.45) is 5.41 Å². The Morgan fingerprint density at radius 3 is 1.31 bits per heavy atom.